The fourth-order valence-electron chi connectivity index (χ4n) is 2.86. The molecular weight excluding hydrogens is 449 g/mol. The van der Waals surface area contributed by atoms with Crippen molar-refractivity contribution in [1.29, 1.82) is 0 Å². The van der Waals surface area contributed by atoms with Gasteiger partial charge in [0.05, 0.1) is 26.9 Å². The van der Waals surface area contributed by atoms with Crippen LogP contribution in [0.25, 0.3) is 0 Å². The molecular formula is C20H19Cl2N3O4S. The zero-order valence-electron chi connectivity index (χ0n) is 15.7. The van der Waals surface area contributed by atoms with Crippen LogP contribution in [0.5, 0.6) is 0 Å². The maximum Gasteiger partial charge on any atom is 0.257 e. The first-order valence-corrected chi connectivity index (χ1v) is 11.7. The van der Waals surface area contributed by atoms with Gasteiger partial charge in [0.2, 0.25) is 10.0 Å². The Hall–Kier alpha value is -2.13. The Balaban J connectivity index is 1.61. The second-order valence-corrected chi connectivity index (χ2v) is 9.90. The Morgan fingerprint density at radius 1 is 0.867 bits per heavy atom. The van der Waals surface area contributed by atoms with E-state index in [1.807, 2.05) is 0 Å². The van der Waals surface area contributed by atoms with E-state index in [4.69, 9.17) is 23.2 Å². The van der Waals surface area contributed by atoms with Crippen LogP contribution in [0.2, 0.25) is 10.0 Å². The molecule has 0 unspecified atom stereocenters. The molecule has 4 rings (SSSR count). The summed E-state index contributed by atoms with van der Waals surface area (Å²) in [5.41, 5.74) is 0.549. The first-order valence-electron chi connectivity index (χ1n) is 9.47. The highest BCUT2D eigenvalue weighted by atomic mass is 35.5. The van der Waals surface area contributed by atoms with Crippen LogP contribution < -0.4 is 15.4 Å². The van der Waals surface area contributed by atoms with Crippen molar-refractivity contribution in [3.05, 3.63) is 57.6 Å². The number of amides is 2. The maximum absolute atomic E-state index is 12.9. The number of nitrogens with one attached hydrogen (secondary N) is 3. The minimum atomic E-state index is -3.89. The smallest absolute Gasteiger partial charge is 0.257 e. The van der Waals surface area contributed by atoms with Crippen LogP contribution in [-0.2, 0) is 10.0 Å². The van der Waals surface area contributed by atoms with E-state index in [1.165, 1.54) is 6.07 Å². The number of halogens is 2. The van der Waals surface area contributed by atoms with E-state index in [0.717, 1.165) is 31.7 Å². The van der Waals surface area contributed by atoms with Crippen molar-refractivity contribution in [2.45, 2.75) is 42.7 Å². The van der Waals surface area contributed by atoms with Gasteiger partial charge in [-0.05, 0) is 49.9 Å². The van der Waals surface area contributed by atoms with Crippen molar-refractivity contribution in [1.82, 2.24) is 10.0 Å². The van der Waals surface area contributed by atoms with Crippen molar-refractivity contribution < 1.29 is 18.0 Å². The molecule has 7 nitrogen and oxygen atoms in total. The summed E-state index contributed by atoms with van der Waals surface area (Å²) in [4.78, 5) is 25.1. The summed E-state index contributed by atoms with van der Waals surface area (Å²) in [6.45, 7) is 0. The largest absolute Gasteiger partial charge is 0.349 e. The quantitative estimate of drug-likeness (QED) is 0.578. The summed E-state index contributed by atoms with van der Waals surface area (Å²) in [5.74, 6) is -0.932. The molecule has 2 aliphatic rings. The van der Waals surface area contributed by atoms with Crippen LogP contribution in [0, 0.1) is 0 Å². The SMILES string of the molecule is O=C(Nc1ccccc1C(=O)NC1CC1)c1cc(S(=O)(=O)NC2CC2)c(Cl)cc1Cl. The lowest BCUT2D eigenvalue weighted by atomic mass is 10.1. The molecule has 0 spiro atoms. The van der Waals surface area contributed by atoms with E-state index >= 15 is 0 Å². The van der Waals surface area contributed by atoms with Gasteiger partial charge in [-0.2, -0.15) is 0 Å². The normalized spacial score (nSPS) is 16.2. The molecule has 2 aliphatic carbocycles. The first kappa shape index (κ1) is 21.1. The van der Waals surface area contributed by atoms with Crippen LogP contribution in [0.4, 0.5) is 5.69 Å². The van der Waals surface area contributed by atoms with Crippen LogP contribution in [-0.4, -0.2) is 32.3 Å². The molecule has 10 heteroatoms. The van der Waals surface area contributed by atoms with Gasteiger partial charge in [-0.1, -0.05) is 35.3 Å². The molecule has 2 fully saturated rings. The molecule has 0 atom stereocenters. The lowest BCUT2D eigenvalue weighted by molar-refractivity contribution is 0.0952. The van der Waals surface area contributed by atoms with Gasteiger partial charge in [-0.25, -0.2) is 13.1 Å². The highest BCUT2D eigenvalue weighted by molar-refractivity contribution is 7.89. The van der Waals surface area contributed by atoms with Crippen molar-refractivity contribution in [2.24, 2.45) is 0 Å². The third kappa shape index (κ3) is 4.78. The fraction of sp³-hybridized carbons (Fsp3) is 0.300. The number of sulfonamides is 1. The van der Waals surface area contributed by atoms with E-state index < -0.39 is 15.9 Å². The minimum absolute atomic E-state index is 0.00258. The average molecular weight is 468 g/mol. The number of carbonyl (C=O) groups is 2. The molecule has 2 amide bonds. The maximum atomic E-state index is 12.9. The second-order valence-electron chi connectivity index (χ2n) is 7.41. The highest BCUT2D eigenvalue weighted by Crippen LogP contribution is 2.31. The number of hydrogen-bond acceptors (Lipinski definition) is 4. The zero-order valence-corrected chi connectivity index (χ0v) is 18.1. The second kappa shape index (κ2) is 8.19. The molecule has 0 aliphatic heterocycles. The van der Waals surface area contributed by atoms with Gasteiger partial charge in [-0.15, -0.1) is 0 Å². The highest BCUT2D eigenvalue weighted by Gasteiger charge is 2.30. The standard InChI is InChI=1S/C20H19Cl2N3O4S/c21-15-10-16(22)18(30(28,29)25-12-7-8-12)9-14(15)20(27)24-17-4-2-1-3-13(17)19(26)23-11-5-6-11/h1-4,9-12,25H,5-8H2,(H,23,26)(H,24,27). The fourth-order valence-corrected chi connectivity index (χ4v) is 5.03. The van der Waals surface area contributed by atoms with Gasteiger partial charge in [0, 0.05) is 12.1 Å². The molecule has 2 saturated carbocycles. The summed E-state index contributed by atoms with van der Waals surface area (Å²) in [6.07, 6.45) is 3.40. The number of carbonyl (C=O) groups excluding carboxylic acids is 2. The third-order valence-corrected chi connectivity index (χ3v) is 7.09. The Labute approximate surface area is 184 Å². The lowest BCUT2D eigenvalue weighted by Crippen LogP contribution is -2.27. The summed E-state index contributed by atoms with van der Waals surface area (Å²) < 4.78 is 27.7. The van der Waals surface area contributed by atoms with Gasteiger partial charge in [-0.3, -0.25) is 9.59 Å². The predicted octanol–water partition coefficient (Wildman–Crippen LogP) is 3.58. The lowest BCUT2D eigenvalue weighted by Gasteiger charge is -2.14. The Kier molecular flexibility index (Phi) is 5.76. The number of anilines is 1. The molecule has 30 heavy (non-hydrogen) atoms. The van der Waals surface area contributed by atoms with Crippen LogP contribution >= 0.6 is 23.2 Å². The molecule has 2 aromatic rings. The predicted molar refractivity (Wildman–Crippen MR) is 115 cm³/mol. The summed E-state index contributed by atoms with van der Waals surface area (Å²) in [7, 11) is -3.89. The number of hydrogen-bond donors (Lipinski definition) is 3. The summed E-state index contributed by atoms with van der Waals surface area (Å²) >= 11 is 12.3. The van der Waals surface area contributed by atoms with E-state index in [-0.39, 0.29) is 38.5 Å². The van der Waals surface area contributed by atoms with Crippen LogP contribution in [0.1, 0.15) is 46.4 Å². The molecule has 0 heterocycles. The van der Waals surface area contributed by atoms with Gasteiger partial charge in [0.25, 0.3) is 11.8 Å². The molecule has 0 bridgehead atoms. The first-order chi connectivity index (χ1) is 14.2. The number of benzene rings is 2. The van der Waals surface area contributed by atoms with E-state index in [0.29, 0.717) is 11.3 Å². The summed E-state index contributed by atoms with van der Waals surface area (Å²) in [6, 6.07) is 9.00. The van der Waals surface area contributed by atoms with Gasteiger partial charge in [0.15, 0.2) is 0 Å². The van der Waals surface area contributed by atoms with Crippen molar-refractivity contribution in [3.8, 4) is 0 Å². The Morgan fingerprint density at radius 3 is 2.20 bits per heavy atom. The van der Waals surface area contributed by atoms with Gasteiger partial charge < -0.3 is 10.6 Å². The van der Waals surface area contributed by atoms with Crippen molar-refractivity contribution in [3.63, 3.8) is 0 Å². The van der Waals surface area contributed by atoms with E-state index in [2.05, 4.69) is 15.4 Å². The zero-order chi connectivity index (χ0) is 21.5. The topological polar surface area (TPSA) is 104 Å². The van der Waals surface area contributed by atoms with E-state index in [9.17, 15) is 18.0 Å². The van der Waals surface area contributed by atoms with Crippen molar-refractivity contribution in [2.75, 3.05) is 5.32 Å². The third-order valence-electron chi connectivity index (χ3n) is 4.79. The van der Waals surface area contributed by atoms with Crippen LogP contribution in [0.3, 0.4) is 0 Å². The van der Waals surface area contributed by atoms with Crippen LogP contribution in [0.15, 0.2) is 41.3 Å². The van der Waals surface area contributed by atoms with Gasteiger partial charge >= 0.3 is 0 Å². The molecule has 3 N–H and O–H groups in total. The average Bonchev–Trinajstić information content (AvgIpc) is 3.59. The monoisotopic (exact) mass is 467 g/mol. The van der Waals surface area contributed by atoms with E-state index in [1.54, 1.807) is 24.3 Å². The summed E-state index contributed by atoms with van der Waals surface area (Å²) in [5, 5.41) is 5.45. The Morgan fingerprint density at radius 2 is 1.53 bits per heavy atom. The molecule has 0 aromatic heterocycles. The number of rotatable bonds is 7. The molecule has 158 valence electrons. The minimum Gasteiger partial charge on any atom is -0.349 e. The Bertz CT molecular complexity index is 1130. The molecule has 0 radical (unpaired) electrons. The molecule has 2 aromatic carbocycles. The molecule has 0 saturated heterocycles. The van der Waals surface area contributed by atoms with Gasteiger partial charge in [0.1, 0.15) is 4.90 Å². The number of para-hydroxylation sites is 1. The van der Waals surface area contributed by atoms with Crippen molar-refractivity contribution >= 4 is 50.7 Å².